The Morgan fingerprint density at radius 1 is 1.03 bits per heavy atom. The predicted molar refractivity (Wildman–Crippen MR) is 118 cm³/mol. The third-order valence-electron chi connectivity index (χ3n) is 4.11. The molecule has 0 aromatic heterocycles. The van der Waals surface area contributed by atoms with E-state index in [0.717, 1.165) is 5.56 Å². The standard InChI is InChI=1S/C21H17NO6S2/c23-18(24)9-10-28-16-7-3-13(4-8-16)11-17-20(27)22(21(29)30-17)15-5-1-14(2-6-15)12-19(25)26/h1-8,11H,9-10,12H2,(H,23,24)(H,25,26)/b17-11-. The van der Waals surface area contributed by atoms with Gasteiger partial charge < -0.3 is 14.9 Å². The van der Waals surface area contributed by atoms with Crippen molar-refractivity contribution < 1.29 is 29.3 Å². The number of nitrogens with zero attached hydrogens (tertiary/aromatic N) is 1. The summed E-state index contributed by atoms with van der Waals surface area (Å²) in [6.07, 6.45) is 1.55. The lowest BCUT2D eigenvalue weighted by molar-refractivity contribution is -0.138. The molecular formula is C21H17NO6S2. The zero-order valence-corrected chi connectivity index (χ0v) is 17.2. The van der Waals surface area contributed by atoms with Crippen LogP contribution < -0.4 is 9.64 Å². The van der Waals surface area contributed by atoms with Crippen LogP contribution in [0.5, 0.6) is 5.75 Å². The lowest BCUT2D eigenvalue weighted by atomic mass is 10.1. The van der Waals surface area contributed by atoms with Gasteiger partial charge in [0.15, 0.2) is 4.32 Å². The number of amides is 1. The summed E-state index contributed by atoms with van der Waals surface area (Å²) in [6, 6.07) is 13.6. The molecule has 0 radical (unpaired) electrons. The molecule has 1 fully saturated rings. The average molecular weight is 444 g/mol. The van der Waals surface area contributed by atoms with Crippen LogP contribution in [-0.2, 0) is 20.8 Å². The Morgan fingerprint density at radius 2 is 1.70 bits per heavy atom. The molecule has 0 aliphatic carbocycles. The summed E-state index contributed by atoms with van der Waals surface area (Å²) in [6.45, 7) is 0.0819. The summed E-state index contributed by atoms with van der Waals surface area (Å²) < 4.78 is 5.74. The van der Waals surface area contributed by atoms with Gasteiger partial charge in [-0.1, -0.05) is 48.2 Å². The average Bonchev–Trinajstić information content (AvgIpc) is 2.96. The van der Waals surface area contributed by atoms with Crippen LogP contribution in [0.1, 0.15) is 17.5 Å². The minimum atomic E-state index is -0.926. The first-order chi connectivity index (χ1) is 14.3. The molecule has 154 valence electrons. The van der Waals surface area contributed by atoms with E-state index in [1.54, 1.807) is 54.6 Å². The Labute approximate surface area is 182 Å². The van der Waals surface area contributed by atoms with Gasteiger partial charge in [0.1, 0.15) is 5.75 Å². The number of hydrogen-bond donors (Lipinski definition) is 2. The van der Waals surface area contributed by atoms with Crippen LogP contribution in [0.25, 0.3) is 6.08 Å². The maximum absolute atomic E-state index is 12.8. The number of thiocarbonyl (C=S) groups is 1. The Balaban J connectivity index is 1.70. The minimum absolute atomic E-state index is 0.0818. The van der Waals surface area contributed by atoms with Crippen LogP contribution in [-0.4, -0.2) is 39.0 Å². The molecule has 3 rings (SSSR count). The van der Waals surface area contributed by atoms with Crippen molar-refractivity contribution in [2.75, 3.05) is 11.5 Å². The molecule has 1 heterocycles. The van der Waals surface area contributed by atoms with Crippen molar-refractivity contribution in [1.29, 1.82) is 0 Å². The van der Waals surface area contributed by atoms with E-state index in [4.69, 9.17) is 27.2 Å². The van der Waals surface area contributed by atoms with Crippen LogP contribution in [0.4, 0.5) is 5.69 Å². The van der Waals surface area contributed by atoms with Crippen molar-refractivity contribution in [2.45, 2.75) is 12.8 Å². The fourth-order valence-corrected chi connectivity index (χ4v) is 3.99. The molecule has 0 unspecified atom stereocenters. The highest BCUT2D eigenvalue weighted by atomic mass is 32.2. The number of thioether (sulfide) groups is 1. The number of hydrogen-bond acceptors (Lipinski definition) is 6. The van der Waals surface area contributed by atoms with Gasteiger partial charge in [0.2, 0.25) is 0 Å². The second-order valence-electron chi connectivity index (χ2n) is 6.32. The summed E-state index contributed by atoms with van der Waals surface area (Å²) in [5.74, 6) is -1.56. The van der Waals surface area contributed by atoms with Crippen LogP contribution in [0.15, 0.2) is 53.4 Å². The SMILES string of the molecule is O=C(O)CCOc1ccc(/C=C2\SC(=S)N(c3ccc(CC(=O)O)cc3)C2=O)cc1. The zero-order valence-electron chi connectivity index (χ0n) is 15.6. The highest BCUT2D eigenvalue weighted by Crippen LogP contribution is 2.36. The molecule has 0 bridgehead atoms. The van der Waals surface area contributed by atoms with Crippen LogP contribution >= 0.6 is 24.0 Å². The van der Waals surface area contributed by atoms with Gasteiger partial charge in [0, 0.05) is 0 Å². The molecule has 2 N–H and O–H groups in total. The molecule has 0 saturated carbocycles. The van der Waals surface area contributed by atoms with Crippen molar-refractivity contribution in [3.63, 3.8) is 0 Å². The van der Waals surface area contributed by atoms with Crippen LogP contribution in [0.2, 0.25) is 0 Å². The van der Waals surface area contributed by atoms with E-state index in [-0.39, 0.29) is 25.4 Å². The predicted octanol–water partition coefficient (Wildman–Crippen LogP) is 3.57. The fraction of sp³-hybridized carbons (Fsp3) is 0.143. The summed E-state index contributed by atoms with van der Waals surface area (Å²) in [7, 11) is 0. The van der Waals surface area contributed by atoms with Gasteiger partial charge in [-0.2, -0.15) is 0 Å². The number of carbonyl (C=O) groups excluding carboxylic acids is 1. The molecule has 0 atom stereocenters. The highest BCUT2D eigenvalue weighted by Gasteiger charge is 2.33. The van der Waals surface area contributed by atoms with E-state index >= 15 is 0 Å². The van der Waals surface area contributed by atoms with E-state index in [9.17, 15) is 14.4 Å². The number of ether oxygens (including phenoxy) is 1. The van der Waals surface area contributed by atoms with Gasteiger partial charge in [0.25, 0.3) is 5.91 Å². The molecule has 2 aromatic carbocycles. The Bertz CT molecular complexity index is 1010. The van der Waals surface area contributed by atoms with E-state index in [1.807, 2.05) is 0 Å². The third-order valence-corrected chi connectivity index (χ3v) is 5.41. The highest BCUT2D eigenvalue weighted by molar-refractivity contribution is 8.27. The largest absolute Gasteiger partial charge is 0.493 e. The van der Waals surface area contributed by atoms with Gasteiger partial charge in [0.05, 0.1) is 30.0 Å². The number of carboxylic acids is 2. The summed E-state index contributed by atoms with van der Waals surface area (Å²) in [4.78, 5) is 36.0. The number of rotatable bonds is 8. The molecule has 1 saturated heterocycles. The van der Waals surface area contributed by atoms with Gasteiger partial charge in [-0.05, 0) is 41.5 Å². The topological polar surface area (TPSA) is 104 Å². The number of aliphatic carboxylic acids is 2. The van der Waals surface area contributed by atoms with Gasteiger partial charge in [-0.15, -0.1) is 0 Å². The van der Waals surface area contributed by atoms with Crippen molar-refractivity contribution >= 4 is 57.9 Å². The summed E-state index contributed by atoms with van der Waals surface area (Å²) in [5.41, 5.74) is 1.99. The van der Waals surface area contributed by atoms with Crippen LogP contribution in [0.3, 0.4) is 0 Å². The second kappa shape index (κ2) is 9.55. The first-order valence-electron chi connectivity index (χ1n) is 8.87. The molecule has 1 aliphatic rings. The molecule has 9 heteroatoms. The Hall–Kier alpha value is -3.17. The molecule has 7 nitrogen and oxygen atoms in total. The van der Waals surface area contributed by atoms with Gasteiger partial charge in [-0.3, -0.25) is 19.3 Å². The number of benzene rings is 2. The van der Waals surface area contributed by atoms with Crippen molar-refractivity contribution in [3.05, 3.63) is 64.6 Å². The monoisotopic (exact) mass is 443 g/mol. The first-order valence-corrected chi connectivity index (χ1v) is 10.1. The maximum atomic E-state index is 12.8. The van der Waals surface area contributed by atoms with Gasteiger partial charge >= 0.3 is 11.9 Å². The smallest absolute Gasteiger partial charge is 0.307 e. The fourth-order valence-electron chi connectivity index (χ4n) is 2.70. The number of carboxylic acid groups (broad SMARTS) is 2. The normalized spacial score (nSPS) is 14.9. The van der Waals surface area contributed by atoms with Crippen LogP contribution in [0, 0.1) is 0 Å². The van der Waals surface area contributed by atoms with E-state index < -0.39 is 11.9 Å². The van der Waals surface area contributed by atoms with E-state index in [0.29, 0.717) is 26.2 Å². The summed E-state index contributed by atoms with van der Waals surface area (Å²) >= 11 is 6.54. The molecule has 2 aromatic rings. The zero-order chi connectivity index (χ0) is 21.7. The Morgan fingerprint density at radius 3 is 2.30 bits per heavy atom. The second-order valence-corrected chi connectivity index (χ2v) is 7.99. The molecule has 0 spiro atoms. The lowest BCUT2D eigenvalue weighted by Gasteiger charge is -2.14. The minimum Gasteiger partial charge on any atom is -0.493 e. The molecule has 30 heavy (non-hydrogen) atoms. The summed E-state index contributed by atoms with van der Waals surface area (Å²) in [5, 5.41) is 17.5. The molecule has 1 amide bonds. The van der Waals surface area contributed by atoms with E-state index in [2.05, 4.69) is 0 Å². The van der Waals surface area contributed by atoms with Crippen molar-refractivity contribution in [2.24, 2.45) is 0 Å². The number of anilines is 1. The van der Waals surface area contributed by atoms with Gasteiger partial charge in [-0.25, -0.2) is 0 Å². The maximum Gasteiger partial charge on any atom is 0.307 e. The Kier molecular flexibility index (Phi) is 6.86. The molecular weight excluding hydrogens is 426 g/mol. The van der Waals surface area contributed by atoms with Crippen molar-refractivity contribution in [1.82, 2.24) is 0 Å². The van der Waals surface area contributed by atoms with Crippen molar-refractivity contribution in [3.8, 4) is 5.75 Å². The quantitative estimate of drug-likeness (QED) is 0.471. The first kappa shape index (κ1) is 21.5. The lowest BCUT2D eigenvalue weighted by Crippen LogP contribution is -2.27. The number of carbonyl (C=O) groups is 3. The van der Waals surface area contributed by atoms with E-state index in [1.165, 1.54) is 16.7 Å². The molecule has 1 aliphatic heterocycles. The third kappa shape index (κ3) is 5.46.